The van der Waals surface area contributed by atoms with Gasteiger partial charge in [-0.25, -0.2) is 13.2 Å². The number of halogens is 4. The van der Waals surface area contributed by atoms with E-state index in [2.05, 4.69) is 21.7 Å². The number of piperidine rings is 1. The topological polar surface area (TPSA) is 45.6 Å². The third kappa shape index (κ3) is 5.95. The lowest BCUT2D eigenvalue weighted by Crippen LogP contribution is -2.42. The Hall–Kier alpha value is -2.79. The summed E-state index contributed by atoms with van der Waals surface area (Å²) in [6.07, 6.45) is 2.33. The van der Waals surface area contributed by atoms with Gasteiger partial charge in [0.05, 0.1) is 24.2 Å². The lowest BCUT2D eigenvalue weighted by atomic mass is 9.74. The molecule has 2 aromatic carbocycles. The molecule has 2 heterocycles. The second kappa shape index (κ2) is 11.5. The SMILES string of the molecule is COc1ccc2ncc(Cl)c([C@H](F)CCC3(CO)CCN(CC#Cc4ccc(F)c(F)c4)CC3)c2c1. The first kappa shape index (κ1) is 26.3. The summed E-state index contributed by atoms with van der Waals surface area (Å²) in [6.45, 7) is 1.87. The van der Waals surface area contributed by atoms with E-state index in [0.29, 0.717) is 66.7 Å². The monoisotopic (exact) mass is 516 g/mol. The second-order valence-electron chi connectivity index (χ2n) is 9.27. The molecule has 36 heavy (non-hydrogen) atoms. The lowest BCUT2D eigenvalue weighted by molar-refractivity contribution is 0.0344. The Kier molecular flexibility index (Phi) is 8.40. The second-order valence-corrected chi connectivity index (χ2v) is 9.68. The van der Waals surface area contributed by atoms with Crippen molar-refractivity contribution in [3.05, 3.63) is 70.4 Å². The van der Waals surface area contributed by atoms with Crippen LogP contribution in [0.2, 0.25) is 5.02 Å². The van der Waals surface area contributed by atoms with Gasteiger partial charge in [-0.1, -0.05) is 23.4 Å². The van der Waals surface area contributed by atoms with Gasteiger partial charge in [0.2, 0.25) is 0 Å². The minimum absolute atomic E-state index is 0.0211. The van der Waals surface area contributed by atoms with Gasteiger partial charge in [0.15, 0.2) is 11.6 Å². The smallest absolute Gasteiger partial charge is 0.160 e. The van der Waals surface area contributed by atoms with Gasteiger partial charge in [-0.2, -0.15) is 0 Å². The van der Waals surface area contributed by atoms with Crippen LogP contribution in [0.25, 0.3) is 10.9 Å². The third-order valence-electron chi connectivity index (χ3n) is 7.02. The minimum Gasteiger partial charge on any atom is -0.497 e. The third-order valence-corrected chi connectivity index (χ3v) is 7.32. The molecule has 0 aliphatic carbocycles. The number of likely N-dealkylation sites (tertiary alicyclic amines) is 1. The number of rotatable bonds is 7. The number of methoxy groups -OCH3 is 1. The Balaban J connectivity index is 1.37. The molecule has 0 saturated carbocycles. The van der Waals surface area contributed by atoms with Gasteiger partial charge in [-0.15, -0.1) is 0 Å². The normalized spacial score (nSPS) is 16.4. The van der Waals surface area contributed by atoms with Crippen molar-refractivity contribution in [2.75, 3.05) is 33.4 Å². The van der Waals surface area contributed by atoms with Crippen LogP contribution in [0.5, 0.6) is 5.75 Å². The molecule has 1 fully saturated rings. The van der Waals surface area contributed by atoms with Crippen molar-refractivity contribution in [3.8, 4) is 17.6 Å². The van der Waals surface area contributed by atoms with E-state index in [1.165, 1.54) is 12.3 Å². The van der Waals surface area contributed by atoms with Gasteiger partial charge in [0, 0.05) is 29.3 Å². The van der Waals surface area contributed by atoms with Crippen LogP contribution in [0.15, 0.2) is 42.6 Å². The van der Waals surface area contributed by atoms with Crippen LogP contribution in [0.4, 0.5) is 13.2 Å². The first-order valence-electron chi connectivity index (χ1n) is 11.9. The largest absolute Gasteiger partial charge is 0.497 e. The molecule has 1 saturated heterocycles. The van der Waals surface area contributed by atoms with E-state index >= 15 is 4.39 Å². The zero-order chi connectivity index (χ0) is 25.7. The number of alkyl halides is 1. The average molecular weight is 517 g/mol. The summed E-state index contributed by atoms with van der Waals surface area (Å²) in [5.74, 6) is 4.65. The van der Waals surface area contributed by atoms with Crippen molar-refractivity contribution in [3.63, 3.8) is 0 Å². The number of aliphatic hydroxyl groups is 1. The van der Waals surface area contributed by atoms with Crippen LogP contribution in [0, 0.1) is 28.9 Å². The molecule has 8 heteroatoms. The summed E-state index contributed by atoms with van der Waals surface area (Å²) < 4.78 is 47.2. The fourth-order valence-corrected chi connectivity index (χ4v) is 4.96. The highest BCUT2D eigenvalue weighted by Gasteiger charge is 2.35. The van der Waals surface area contributed by atoms with Crippen molar-refractivity contribution in [2.24, 2.45) is 5.41 Å². The molecule has 1 aliphatic heterocycles. The van der Waals surface area contributed by atoms with Crippen LogP contribution in [-0.2, 0) is 0 Å². The molecule has 0 amide bonds. The van der Waals surface area contributed by atoms with E-state index in [1.54, 1.807) is 25.3 Å². The molecule has 0 radical (unpaired) electrons. The highest BCUT2D eigenvalue weighted by atomic mass is 35.5. The maximum Gasteiger partial charge on any atom is 0.160 e. The molecular weight excluding hydrogens is 489 g/mol. The molecule has 0 bridgehead atoms. The van der Waals surface area contributed by atoms with Crippen LogP contribution >= 0.6 is 11.6 Å². The minimum atomic E-state index is -1.31. The number of benzene rings is 2. The Morgan fingerprint density at radius 2 is 1.94 bits per heavy atom. The van der Waals surface area contributed by atoms with E-state index in [-0.39, 0.29) is 23.5 Å². The van der Waals surface area contributed by atoms with Crippen LogP contribution in [-0.4, -0.2) is 48.3 Å². The quantitative estimate of drug-likeness (QED) is 0.386. The molecule has 190 valence electrons. The van der Waals surface area contributed by atoms with E-state index in [4.69, 9.17) is 16.3 Å². The van der Waals surface area contributed by atoms with E-state index in [0.717, 1.165) is 12.1 Å². The molecule has 1 atom stereocenters. The number of hydrogen-bond donors (Lipinski definition) is 1. The number of pyridine rings is 1. The van der Waals surface area contributed by atoms with Gasteiger partial charge < -0.3 is 9.84 Å². The van der Waals surface area contributed by atoms with Crippen molar-refractivity contribution < 1.29 is 23.0 Å². The molecule has 4 rings (SSSR count). The van der Waals surface area contributed by atoms with Gasteiger partial charge in [0.25, 0.3) is 0 Å². The van der Waals surface area contributed by atoms with Crippen LogP contribution < -0.4 is 4.74 Å². The van der Waals surface area contributed by atoms with E-state index < -0.39 is 17.8 Å². The molecule has 0 unspecified atom stereocenters. The van der Waals surface area contributed by atoms with E-state index in [1.807, 2.05) is 0 Å². The number of aromatic nitrogens is 1. The Bertz CT molecular complexity index is 1280. The zero-order valence-corrected chi connectivity index (χ0v) is 20.8. The fraction of sp³-hybridized carbons (Fsp3) is 0.393. The highest BCUT2D eigenvalue weighted by Crippen LogP contribution is 2.41. The summed E-state index contributed by atoms with van der Waals surface area (Å²) in [7, 11) is 1.55. The number of nitrogens with zero attached hydrogens (tertiary/aromatic N) is 2. The average Bonchev–Trinajstić information content (AvgIpc) is 2.89. The summed E-state index contributed by atoms with van der Waals surface area (Å²) in [5.41, 5.74) is 1.09. The molecule has 1 aromatic heterocycles. The summed E-state index contributed by atoms with van der Waals surface area (Å²) in [6, 6.07) is 8.89. The number of hydrogen-bond acceptors (Lipinski definition) is 4. The van der Waals surface area contributed by atoms with Crippen molar-refractivity contribution in [2.45, 2.75) is 31.9 Å². The Labute approximate surface area is 214 Å². The predicted molar refractivity (Wildman–Crippen MR) is 135 cm³/mol. The number of fused-ring (bicyclic) bond motifs is 1. The zero-order valence-electron chi connectivity index (χ0n) is 20.0. The van der Waals surface area contributed by atoms with Crippen LogP contribution in [0.3, 0.4) is 0 Å². The van der Waals surface area contributed by atoms with Gasteiger partial charge in [-0.05, 0) is 80.6 Å². The van der Waals surface area contributed by atoms with Gasteiger partial charge >= 0.3 is 0 Å². The predicted octanol–water partition coefficient (Wildman–Crippen LogP) is 6.09. The van der Waals surface area contributed by atoms with Crippen molar-refractivity contribution in [1.82, 2.24) is 9.88 Å². The maximum atomic E-state index is 15.6. The first-order chi connectivity index (χ1) is 17.3. The van der Waals surface area contributed by atoms with Gasteiger partial charge in [0.1, 0.15) is 11.9 Å². The summed E-state index contributed by atoms with van der Waals surface area (Å²) in [4.78, 5) is 6.44. The molecule has 4 nitrogen and oxygen atoms in total. The molecule has 3 aromatic rings. The Morgan fingerprint density at radius 3 is 2.64 bits per heavy atom. The van der Waals surface area contributed by atoms with Crippen molar-refractivity contribution >= 4 is 22.5 Å². The molecule has 1 aliphatic rings. The molecule has 0 spiro atoms. The maximum absolute atomic E-state index is 15.6. The van der Waals surface area contributed by atoms with E-state index in [9.17, 15) is 13.9 Å². The highest BCUT2D eigenvalue weighted by molar-refractivity contribution is 6.32. The van der Waals surface area contributed by atoms with Gasteiger partial charge in [-0.3, -0.25) is 9.88 Å². The number of ether oxygens (including phenoxy) is 1. The molecule has 1 N–H and O–H groups in total. The van der Waals surface area contributed by atoms with Crippen LogP contribution in [0.1, 0.15) is 43.0 Å². The summed E-state index contributed by atoms with van der Waals surface area (Å²) in [5, 5.41) is 11.1. The Morgan fingerprint density at radius 1 is 1.17 bits per heavy atom. The lowest BCUT2D eigenvalue weighted by Gasteiger charge is -2.40. The fourth-order valence-electron chi connectivity index (χ4n) is 4.69. The summed E-state index contributed by atoms with van der Waals surface area (Å²) >= 11 is 6.36. The molecular formula is C28H28ClF3N2O2. The number of aliphatic hydroxyl groups excluding tert-OH is 1. The standard InChI is InChI=1S/C28H28ClF3N2O2/c1-36-20-5-7-26-21(16-20)27(22(29)17-33-26)24(31)8-9-28(18-35)10-13-34(14-11-28)12-2-3-19-4-6-23(30)25(32)15-19/h4-7,15-17,24,35H,8-14,18H2,1H3/t24-/m1/s1. The van der Waals surface area contributed by atoms with Crippen molar-refractivity contribution in [1.29, 1.82) is 0 Å². The first-order valence-corrected chi connectivity index (χ1v) is 12.3.